The molecule has 0 radical (unpaired) electrons. The van der Waals surface area contributed by atoms with Gasteiger partial charge in [0.2, 0.25) is 11.6 Å². The molecule has 2 amide bonds. The molecular formula is C21H22N5O5+. The summed E-state index contributed by atoms with van der Waals surface area (Å²) in [6.45, 7) is 0.929. The van der Waals surface area contributed by atoms with Crippen molar-refractivity contribution in [3.63, 3.8) is 0 Å². The number of aliphatic hydroxyl groups is 1. The highest BCUT2D eigenvalue weighted by Gasteiger charge is 2.48. The third-order valence-electron chi connectivity index (χ3n) is 5.70. The van der Waals surface area contributed by atoms with E-state index < -0.39 is 10.5 Å². The SMILES string of the molecule is N#Cc1cnc([N@@+]2(C(N)=O)CCCc3cc(CO)c(C=O)nc32)cc1OC1CCOC1. The molecule has 10 nitrogen and oxygen atoms in total. The molecular weight excluding hydrogens is 402 g/mol. The standard InChI is InChI=1S/C21H21N5O5/c22-8-15-9-24-19(7-18(15)31-16-3-5-30-12-16)26(21(23)29)4-1-2-13-6-14(10-27)17(11-28)25-20(13)26/h6-7,9,11,16,27H,1-5,10,12H2,(H-,23,29)/p+1/t16?,26-/m0/s1. The van der Waals surface area contributed by atoms with Gasteiger partial charge in [-0.05, 0) is 12.5 Å². The van der Waals surface area contributed by atoms with Crippen LogP contribution < -0.4 is 15.0 Å². The first-order valence-electron chi connectivity index (χ1n) is 9.96. The van der Waals surface area contributed by atoms with Crippen LogP contribution >= 0.6 is 0 Å². The second-order valence-electron chi connectivity index (χ2n) is 7.52. The zero-order chi connectivity index (χ0) is 22.0. The maximum Gasteiger partial charge on any atom is 0.426 e. The number of urea groups is 1. The van der Waals surface area contributed by atoms with Crippen LogP contribution in [0.25, 0.3) is 0 Å². The summed E-state index contributed by atoms with van der Waals surface area (Å²) in [6, 6.07) is 4.56. The third kappa shape index (κ3) is 3.53. The molecule has 2 aromatic heterocycles. The van der Waals surface area contributed by atoms with Crippen LogP contribution in [-0.2, 0) is 17.8 Å². The molecule has 0 aliphatic carbocycles. The number of fused-ring (bicyclic) bond motifs is 1. The van der Waals surface area contributed by atoms with E-state index >= 15 is 0 Å². The minimum atomic E-state index is -0.714. The third-order valence-corrected chi connectivity index (χ3v) is 5.70. The van der Waals surface area contributed by atoms with Crippen LogP contribution in [-0.4, -0.2) is 53.3 Å². The molecule has 4 heterocycles. The molecule has 4 rings (SSSR count). The van der Waals surface area contributed by atoms with E-state index in [9.17, 15) is 20.0 Å². The average Bonchev–Trinajstić information content (AvgIpc) is 3.30. The van der Waals surface area contributed by atoms with Gasteiger partial charge in [-0.1, -0.05) is 0 Å². The van der Waals surface area contributed by atoms with E-state index in [0.29, 0.717) is 55.7 Å². The Morgan fingerprint density at radius 3 is 2.97 bits per heavy atom. The highest BCUT2D eigenvalue weighted by molar-refractivity contribution is 5.93. The number of nitrogens with zero attached hydrogens (tertiary/aromatic N) is 4. The van der Waals surface area contributed by atoms with Gasteiger partial charge in [0.05, 0.1) is 32.1 Å². The highest BCUT2D eigenvalue weighted by Crippen LogP contribution is 2.41. The Hall–Kier alpha value is -3.39. The predicted molar refractivity (Wildman–Crippen MR) is 109 cm³/mol. The number of primary amides is 1. The second-order valence-corrected chi connectivity index (χ2v) is 7.52. The van der Waals surface area contributed by atoms with Gasteiger partial charge in [-0.3, -0.25) is 4.79 Å². The largest absolute Gasteiger partial charge is 0.486 e. The number of carbonyl (C=O) groups excluding carboxylic acids is 2. The van der Waals surface area contributed by atoms with E-state index in [-0.39, 0.29) is 42.1 Å². The van der Waals surface area contributed by atoms with Gasteiger partial charge in [0, 0.05) is 24.0 Å². The molecule has 10 heteroatoms. The number of hydrogen-bond acceptors (Lipinski definition) is 8. The smallest absolute Gasteiger partial charge is 0.426 e. The molecule has 0 aromatic carbocycles. The fourth-order valence-corrected chi connectivity index (χ4v) is 4.11. The molecule has 2 aromatic rings. The number of aromatic nitrogens is 2. The Kier molecular flexibility index (Phi) is 5.65. The van der Waals surface area contributed by atoms with Crippen molar-refractivity contribution in [3.8, 4) is 11.8 Å². The Labute approximate surface area is 178 Å². The number of ether oxygens (including phenoxy) is 2. The van der Waals surface area contributed by atoms with Gasteiger partial charge in [0.25, 0.3) is 0 Å². The monoisotopic (exact) mass is 424 g/mol. The van der Waals surface area contributed by atoms with Gasteiger partial charge in [-0.25, -0.2) is 9.78 Å². The Morgan fingerprint density at radius 1 is 1.48 bits per heavy atom. The van der Waals surface area contributed by atoms with Crippen molar-refractivity contribution in [2.75, 3.05) is 19.8 Å². The summed E-state index contributed by atoms with van der Waals surface area (Å²) in [5, 5.41) is 19.0. The number of quaternary nitrogens is 1. The lowest BCUT2D eigenvalue weighted by Gasteiger charge is -2.35. The van der Waals surface area contributed by atoms with Crippen molar-refractivity contribution >= 4 is 24.0 Å². The lowest BCUT2D eigenvalue weighted by Crippen LogP contribution is -2.56. The Bertz CT molecular complexity index is 1080. The fraction of sp³-hybridized carbons (Fsp3) is 0.381. The lowest BCUT2D eigenvalue weighted by molar-refractivity contribution is 0.111. The Morgan fingerprint density at radius 2 is 2.32 bits per heavy atom. The molecule has 1 fully saturated rings. The quantitative estimate of drug-likeness (QED) is 0.542. The molecule has 2 aliphatic heterocycles. The minimum Gasteiger partial charge on any atom is -0.486 e. The first kappa shape index (κ1) is 20.9. The van der Waals surface area contributed by atoms with Crippen LogP contribution in [0.3, 0.4) is 0 Å². The van der Waals surface area contributed by atoms with Crippen LogP contribution in [0.5, 0.6) is 5.75 Å². The van der Waals surface area contributed by atoms with E-state index in [4.69, 9.17) is 15.2 Å². The van der Waals surface area contributed by atoms with Gasteiger partial charge in [-0.15, -0.1) is 4.48 Å². The minimum absolute atomic E-state index is 0.0418. The molecule has 2 aliphatic rings. The summed E-state index contributed by atoms with van der Waals surface area (Å²) in [5.74, 6) is 0.837. The van der Waals surface area contributed by atoms with Gasteiger partial charge < -0.3 is 20.3 Å². The predicted octanol–water partition coefficient (Wildman–Crippen LogP) is 1.48. The van der Waals surface area contributed by atoms with E-state index in [1.807, 2.05) is 0 Å². The first-order valence-corrected chi connectivity index (χ1v) is 9.96. The van der Waals surface area contributed by atoms with E-state index in [2.05, 4.69) is 16.0 Å². The second kappa shape index (κ2) is 8.39. The Balaban J connectivity index is 1.88. The van der Waals surface area contributed by atoms with Crippen molar-refractivity contribution < 1.29 is 24.2 Å². The van der Waals surface area contributed by atoms with Crippen molar-refractivity contribution in [2.45, 2.75) is 32.0 Å². The summed E-state index contributed by atoms with van der Waals surface area (Å²) in [5.41, 5.74) is 7.25. The first-order chi connectivity index (χ1) is 15.0. The molecule has 1 unspecified atom stereocenters. The molecule has 0 bridgehead atoms. The number of nitriles is 1. The van der Waals surface area contributed by atoms with Crippen molar-refractivity contribution in [3.05, 3.63) is 40.7 Å². The van der Waals surface area contributed by atoms with Crippen LogP contribution in [0.1, 0.15) is 40.0 Å². The van der Waals surface area contributed by atoms with Crippen molar-refractivity contribution in [1.29, 1.82) is 5.26 Å². The summed E-state index contributed by atoms with van der Waals surface area (Å²) in [7, 11) is 0. The number of aldehydes is 1. The van der Waals surface area contributed by atoms with Crippen LogP contribution in [0, 0.1) is 11.3 Å². The summed E-state index contributed by atoms with van der Waals surface area (Å²) in [6.07, 6.45) is 3.59. The summed E-state index contributed by atoms with van der Waals surface area (Å²) >= 11 is 0. The van der Waals surface area contributed by atoms with E-state index in [0.717, 1.165) is 0 Å². The summed E-state index contributed by atoms with van der Waals surface area (Å²) in [4.78, 5) is 33.2. The van der Waals surface area contributed by atoms with Crippen molar-refractivity contribution in [1.82, 2.24) is 14.5 Å². The maximum absolute atomic E-state index is 12.9. The maximum atomic E-state index is 12.9. The number of aliphatic hydroxyl groups excluding tert-OH is 1. The number of nitrogens with two attached hydrogens (primary N) is 1. The molecule has 2 atom stereocenters. The highest BCUT2D eigenvalue weighted by atomic mass is 16.5. The number of hydrogen-bond donors (Lipinski definition) is 2. The van der Waals surface area contributed by atoms with Gasteiger partial charge in [-0.2, -0.15) is 10.2 Å². The molecule has 31 heavy (non-hydrogen) atoms. The normalized spacial score (nSPS) is 22.4. The topological polar surface area (TPSA) is 148 Å². The van der Waals surface area contributed by atoms with Crippen LogP contribution in [0.2, 0.25) is 0 Å². The average molecular weight is 424 g/mol. The molecule has 1 saturated heterocycles. The van der Waals surface area contributed by atoms with E-state index in [1.54, 1.807) is 12.1 Å². The van der Waals surface area contributed by atoms with Crippen LogP contribution in [0.15, 0.2) is 18.3 Å². The van der Waals surface area contributed by atoms with Crippen LogP contribution in [0.4, 0.5) is 16.4 Å². The lowest BCUT2D eigenvalue weighted by atomic mass is 9.99. The number of aryl methyl sites for hydroxylation is 1. The van der Waals surface area contributed by atoms with Gasteiger partial charge in [0.15, 0.2) is 6.29 Å². The van der Waals surface area contributed by atoms with Gasteiger partial charge >= 0.3 is 6.03 Å². The number of pyridine rings is 2. The molecule has 160 valence electrons. The fourth-order valence-electron chi connectivity index (χ4n) is 4.11. The van der Waals surface area contributed by atoms with Gasteiger partial charge in [0.1, 0.15) is 35.7 Å². The zero-order valence-corrected chi connectivity index (χ0v) is 16.8. The van der Waals surface area contributed by atoms with Crippen molar-refractivity contribution in [2.24, 2.45) is 5.73 Å². The summed E-state index contributed by atoms with van der Waals surface area (Å²) < 4.78 is 10.8. The molecule has 0 saturated carbocycles. The number of rotatable bonds is 5. The van der Waals surface area contributed by atoms with E-state index in [1.165, 1.54) is 6.20 Å². The number of amides is 2. The number of carbonyl (C=O) groups is 2. The molecule has 3 N–H and O–H groups in total. The zero-order valence-electron chi connectivity index (χ0n) is 16.8. The molecule has 0 spiro atoms.